The highest BCUT2D eigenvalue weighted by Gasteiger charge is 2.23. The molecule has 4 rings (SSSR count). The van der Waals surface area contributed by atoms with Gasteiger partial charge in [-0.15, -0.1) is 0 Å². The summed E-state index contributed by atoms with van der Waals surface area (Å²) in [6, 6.07) is 16.5. The number of hydrogen-bond acceptors (Lipinski definition) is 4. The number of nitriles is 1. The minimum atomic E-state index is 0.625. The van der Waals surface area contributed by atoms with Crippen LogP contribution in [0.1, 0.15) is 16.7 Å². The molecule has 0 spiro atoms. The number of para-hydroxylation sites is 1. The molecule has 118 valence electrons. The lowest BCUT2D eigenvalue weighted by Gasteiger charge is -2.32. The van der Waals surface area contributed by atoms with Crippen molar-refractivity contribution in [3.63, 3.8) is 0 Å². The van der Waals surface area contributed by atoms with Gasteiger partial charge in [0.2, 0.25) is 0 Å². The van der Waals surface area contributed by atoms with Gasteiger partial charge in [0.15, 0.2) is 0 Å². The fraction of sp³-hybridized carbons (Fsp3) is 0.200. The van der Waals surface area contributed by atoms with E-state index in [2.05, 4.69) is 22.0 Å². The van der Waals surface area contributed by atoms with E-state index in [1.165, 1.54) is 11.1 Å². The quantitative estimate of drug-likeness (QED) is 0.724. The Morgan fingerprint density at radius 2 is 2.04 bits per heavy atom. The van der Waals surface area contributed by atoms with Crippen molar-refractivity contribution in [3.8, 4) is 11.8 Å². The molecule has 1 aliphatic heterocycles. The first kappa shape index (κ1) is 14.5. The number of benzene rings is 2. The Hall–Kier alpha value is -3.06. The summed E-state index contributed by atoms with van der Waals surface area (Å²) in [5.74, 6) is 0.951. The molecule has 0 N–H and O–H groups in total. The normalized spacial score (nSPS) is 13.4. The molecule has 0 radical (unpaired) electrons. The van der Waals surface area contributed by atoms with Gasteiger partial charge in [-0.3, -0.25) is 4.98 Å². The Kier molecular flexibility index (Phi) is 3.55. The number of nitrogens with zero attached hydrogens (tertiary/aromatic N) is 3. The molecule has 4 heteroatoms. The van der Waals surface area contributed by atoms with E-state index in [0.717, 1.165) is 41.9 Å². The van der Waals surface area contributed by atoms with E-state index in [4.69, 9.17) is 4.74 Å². The summed E-state index contributed by atoms with van der Waals surface area (Å²) in [6.07, 6.45) is 2.58. The highest BCUT2D eigenvalue weighted by molar-refractivity contribution is 5.94. The molecule has 0 saturated carbocycles. The summed E-state index contributed by atoms with van der Waals surface area (Å²) in [7, 11) is 1.71. The lowest BCUT2D eigenvalue weighted by molar-refractivity contribution is 0.407. The zero-order valence-electron chi connectivity index (χ0n) is 13.5. The van der Waals surface area contributed by atoms with Crippen molar-refractivity contribution in [2.75, 3.05) is 18.6 Å². The van der Waals surface area contributed by atoms with Gasteiger partial charge in [0.25, 0.3) is 0 Å². The van der Waals surface area contributed by atoms with Crippen molar-refractivity contribution in [1.82, 2.24) is 4.98 Å². The molecular formula is C20H17N3O. The van der Waals surface area contributed by atoms with E-state index in [1.807, 2.05) is 36.4 Å². The van der Waals surface area contributed by atoms with Gasteiger partial charge in [0, 0.05) is 30.2 Å². The molecule has 0 atom stereocenters. The maximum Gasteiger partial charge on any atom is 0.122 e. The Labute approximate surface area is 140 Å². The number of anilines is 1. The predicted molar refractivity (Wildman–Crippen MR) is 94.2 cm³/mol. The summed E-state index contributed by atoms with van der Waals surface area (Å²) in [5.41, 5.74) is 5.05. The highest BCUT2D eigenvalue weighted by Crippen LogP contribution is 2.35. The second-order valence-electron chi connectivity index (χ2n) is 5.92. The van der Waals surface area contributed by atoms with Crippen LogP contribution in [0.15, 0.2) is 48.7 Å². The van der Waals surface area contributed by atoms with Gasteiger partial charge in [-0.25, -0.2) is 0 Å². The third-order valence-electron chi connectivity index (χ3n) is 4.63. The second-order valence-corrected chi connectivity index (χ2v) is 5.92. The first-order chi connectivity index (χ1) is 11.8. The summed E-state index contributed by atoms with van der Waals surface area (Å²) < 4.78 is 5.49. The maximum atomic E-state index is 9.55. The van der Waals surface area contributed by atoms with Gasteiger partial charge >= 0.3 is 0 Å². The summed E-state index contributed by atoms with van der Waals surface area (Å²) in [6.45, 7) is 1.63. The van der Waals surface area contributed by atoms with Crippen LogP contribution >= 0.6 is 0 Å². The summed E-state index contributed by atoms with van der Waals surface area (Å²) >= 11 is 0. The SMILES string of the molecule is COc1cccc2c1CCN(c1c(C#N)cnc3ccccc13)C2. The fourth-order valence-corrected chi connectivity index (χ4v) is 3.51. The van der Waals surface area contributed by atoms with Crippen molar-refractivity contribution in [3.05, 3.63) is 65.4 Å². The molecule has 2 aromatic carbocycles. The molecule has 24 heavy (non-hydrogen) atoms. The third kappa shape index (κ3) is 2.26. The Morgan fingerprint density at radius 3 is 2.88 bits per heavy atom. The average Bonchev–Trinajstić information content (AvgIpc) is 2.66. The van der Waals surface area contributed by atoms with Crippen molar-refractivity contribution >= 4 is 16.6 Å². The van der Waals surface area contributed by atoms with Crippen LogP contribution in [0.25, 0.3) is 10.9 Å². The molecule has 0 fully saturated rings. The van der Waals surface area contributed by atoms with E-state index in [0.29, 0.717) is 5.56 Å². The highest BCUT2D eigenvalue weighted by atomic mass is 16.5. The van der Waals surface area contributed by atoms with E-state index >= 15 is 0 Å². The van der Waals surface area contributed by atoms with Gasteiger partial charge in [0.05, 0.1) is 23.9 Å². The van der Waals surface area contributed by atoms with Crippen LogP contribution in [-0.4, -0.2) is 18.6 Å². The predicted octanol–water partition coefficient (Wildman–Crippen LogP) is 3.68. The number of pyridine rings is 1. The maximum absolute atomic E-state index is 9.55. The van der Waals surface area contributed by atoms with Crippen molar-refractivity contribution in [2.24, 2.45) is 0 Å². The number of rotatable bonds is 2. The molecule has 4 nitrogen and oxygen atoms in total. The van der Waals surface area contributed by atoms with Crippen molar-refractivity contribution in [2.45, 2.75) is 13.0 Å². The summed E-state index contributed by atoms with van der Waals surface area (Å²) in [5, 5.41) is 10.6. The van der Waals surface area contributed by atoms with Crippen LogP contribution in [0.2, 0.25) is 0 Å². The summed E-state index contributed by atoms with van der Waals surface area (Å²) in [4.78, 5) is 6.69. The molecule has 3 aromatic rings. The minimum absolute atomic E-state index is 0.625. The lowest BCUT2D eigenvalue weighted by atomic mass is 9.97. The monoisotopic (exact) mass is 315 g/mol. The van der Waals surface area contributed by atoms with Crippen molar-refractivity contribution in [1.29, 1.82) is 5.26 Å². The zero-order valence-corrected chi connectivity index (χ0v) is 13.5. The standard InChI is InChI=1S/C20H17N3O/c1-24-19-8-4-5-14-13-23(10-9-16(14)19)20-15(11-21)12-22-18-7-3-2-6-17(18)20/h2-8,12H,9-10,13H2,1H3. The minimum Gasteiger partial charge on any atom is -0.496 e. The van der Waals surface area contributed by atoms with Crippen LogP contribution < -0.4 is 9.64 Å². The van der Waals surface area contributed by atoms with E-state index in [1.54, 1.807) is 13.3 Å². The van der Waals surface area contributed by atoms with Crippen LogP contribution in [0, 0.1) is 11.3 Å². The smallest absolute Gasteiger partial charge is 0.122 e. The molecule has 2 heterocycles. The molecule has 1 aliphatic rings. The molecule has 0 saturated heterocycles. The largest absolute Gasteiger partial charge is 0.496 e. The Bertz CT molecular complexity index is 959. The fourth-order valence-electron chi connectivity index (χ4n) is 3.51. The average molecular weight is 315 g/mol. The first-order valence-corrected chi connectivity index (χ1v) is 7.99. The number of fused-ring (bicyclic) bond motifs is 2. The van der Waals surface area contributed by atoms with Crippen LogP contribution in [0.4, 0.5) is 5.69 Å². The van der Waals surface area contributed by atoms with E-state index in [-0.39, 0.29) is 0 Å². The lowest BCUT2D eigenvalue weighted by Crippen LogP contribution is -2.31. The first-order valence-electron chi connectivity index (χ1n) is 7.99. The molecule has 1 aromatic heterocycles. The van der Waals surface area contributed by atoms with Crippen LogP contribution in [0.3, 0.4) is 0 Å². The molecule has 0 aliphatic carbocycles. The van der Waals surface area contributed by atoms with Gasteiger partial charge < -0.3 is 9.64 Å². The molecular weight excluding hydrogens is 298 g/mol. The number of aromatic nitrogens is 1. The van der Waals surface area contributed by atoms with Gasteiger partial charge in [-0.2, -0.15) is 5.26 Å². The molecule has 0 bridgehead atoms. The van der Waals surface area contributed by atoms with Crippen LogP contribution in [-0.2, 0) is 13.0 Å². The Balaban J connectivity index is 1.83. The number of ether oxygens (including phenoxy) is 1. The molecule has 0 unspecified atom stereocenters. The van der Waals surface area contributed by atoms with Gasteiger partial charge in [-0.1, -0.05) is 30.3 Å². The third-order valence-corrected chi connectivity index (χ3v) is 4.63. The Morgan fingerprint density at radius 1 is 1.17 bits per heavy atom. The van der Waals surface area contributed by atoms with Gasteiger partial charge in [-0.05, 0) is 24.1 Å². The number of methoxy groups -OCH3 is 1. The van der Waals surface area contributed by atoms with Crippen LogP contribution in [0.5, 0.6) is 5.75 Å². The van der Waals surface area contributed by atoms with E-state index in [9.17, 15) is 5.26 Å². The second kappa shape index (κ2) is 5.86. The van der Waals surface area contributed by atoms with E-state index < -0.39 is 0 Å². The molecule has 0 amide bonds. The zero-order chi connectivity index (χ0) is 16.5. The number of hydrogen-bond donors (Lipinski definition) is 0. The topological polar surface area (TPSA) is 49.1 Å². The van der Waals surface area contributed by atoms with Gasteiger partial charge in [0.1, 0.15) is 11.8 Å². The van der Waals surface area contributed by atoms with Crippen molar-refractivity contribution < 1.29 is 4.74 Å².